The summed E-state index contributed by atoms with van der Waals surface area (Å²) in [5.74, 6) is 0.948. The van der Waals surface area contributed by atoms with Gasteiger partial charge >= 0.3 is 0 Å². The number of nitrogens with zero attached hydrogens (tertiary/aromatic N) is 1. The maximum Gasteiger partial charge on any atom is 0.0370 e. The van der Waals surface area contributed by atoms with Gasteiger partial charge in [-0.25, -0.2) is 0 Å². The monoisotopic (exact) mass is 232 g/mol. The van der Waals surface area contributed by atoms with E-state index in [0.717, 1.165) is 5.92 Å². The molecule has 1 N–H and O–H groups in total. The lowest BCUT2D eigenvalue weighted by Gasteiger charge is -2.33. The maximum atomic E-state index is 3.22. The molecular formula is C15H24N2. The predicted octanol–water partition coefficient (Wildman–Crippen LogP) is 3.66. The van der Waals surface area contributed by atoms with E-state index >= 15 is 0 Å². The molecule has 1 heterocycles. The van der Waals surface area contributed by atoms with Gasteiger partial charge < -0.3 is 10.2 Å². The Balaban J connectivity index is 2.06. The van der Waals surface area contributed by atoms with Gasteiger partial charge in [0.25, 0.3) is 0 Å². The Morgan fingerprint density at radius 2 is 2.00 bits per heavy atom. The molecule has 0 aliphatic carbocycles. The molecule has 0 amide bonds. The highest BCUT2D eigenvalue weighted by Crippen LogP contribution is 2.27. The minimum Gasteiger partial charge on any atom is -0.388 e. The SMILES string of the molecule is CCC1CCN(c2ccc(NC)c(C)c2)CC1. The Labute approximate surface area is 105 Å². The summed E-state index contributed by atoms with van der Waals surface area (Å²) in [7, 11) is 1.98. The van der Waals surface area contributed by atoms with Gasteiger partial charge in [-0.05, 0) is 49.4 Å². The van der Waals surface area contributed by atoms with Crippen molar-refractivity contribution >= 4 is 11.4 Å². The zero-order chi connectivity index (χ0) is 12.3. The van der Waals surface area contributed by atoms with Gasteiger partial charge in [0, 0.05) is 31.5 Å². The van der Waals surface area contributed by atoms with Crippen molar-refractivity contribution in [1.29, 1.82) is 0 Å². The van der Waals surface area contributed by atoms with Gasteiger partial charge in [-0.15, -0.1) is 0 Å². The van der Waals surface area contributed by atoms with Crippen molar-refractivity contribution in [3.63, 3.8) is 0 Å². The highest BCUT2D eigenvalue weighted by atomic mass is 15.1. The van der Waals surface area contributed by atoms with E-state index in [1.54, 1.807) is 0 Å². The molecular weight excluding hydrogens is 208 g/mol. The van der Waals surface area contributed by atoms with Crippen LogP contribution in [-0.2, 0) is 0 Å². The third-order valence-electron chi connectivity index (χ3n) is 4.04. The summed E-state index contributed by atoms with van der Waals surface area (Å²) in [4.78, 5) is 2.53. The number of aryl methyl sites for hydroxylation is 1. The van der Waals surface area contributed by atoms with Gasteiger partial charge in [-0.1, -0.05) is 13.3 Å². The Morgan fingerprint density at radius 3 is 2.53 bits per heavy atom. The third-order valence-corrected chi connectivity index (χ3v) is 4.04. The first-order chi connectivity index (χ1) is 8.24. The topological polar surface area (TPSA) is 15.3 Å². The molecule has 2 heteroatoms. The molecule has 2 rings (SSSR count). The molecule has 0 radical (unpaired) electrons. The Hall–Kier alpha value is -1.18. The molecule has 1 fully saturated rings. The number of piperidine rings is 1. The number of benzene rings is 1. The summed E-state index contributed by atoms with van der Waals surface area (Å²) < 4.78 is 0. The molecule has 0 spiro atoms. The molecule has 1 aromatic rings. The summed E-state index contributed by atoms with van der Waals surface area (Å²) in [5, 5.41) is 3.22. The van der Waals surface area contributed by atoms with Crippen LogP contribution in [0.4, 0.5) is 11.4 Å². The predicted molar refractivity (Wildman–Crippen MR) is 76.0 cm³/mol. The van der Waals surface area contributed by atoms with Gasteiger partial charge in [0.1, 0.15) is 0 Å². The van der Waals surface area contributed by atoms with Crippen LogP contribution in [0, 0.1) is 12.8 Å². The zero-order valence-electron chi connectivity index (χ0n) is 11.3. The first-order valence-corrected chi connectivity index (χ1v) is 6.78. The third kappa shape index (κ3) is 2.74. The summed E-state index contributed by atoms with van der Waals surface area (Å²) in [6.45, 7) is 6.92. The number of anilines is 2. The van der Waals surface area contributed by atoms with Crippen molar-refractivity contribution in [2.24, 2.45) is 5.92 Å². The second kappa shape index (κ2) is 5.44. The molecule has 0 atom stereocenters. The van der Waals surface area contributed by atoms with E-state index in [-0.39, 0.29) is 0 Å². The van der Waals surface area contributed by atoms with Crippen LogP contribution in [0.15, 0.2) is 18.2 Å². The lowest BCUT2D eigenvalue weighted by atomic mass is 9.94. The average Bonchev–Trinajstić information content (AvgIpc) is 2.39. The molecule has 2 nitrogen and oxygen atoms in total. The minimum absolute atomic E-state index is 0.948. The zero-order valence-corrected chi connectivity index (χ0v) is 11.3. The number of hydrogen-bond acceptors (Lipinski definition) is 2. The van der Waals surface area contributed by atoms with E-state index in [1.165, 1.54) is 49.3 Å². The summed E-state index contributed by atoms with van der Waals surface area (Å²) in [5.41, 5.74) is 3.95. The summed E-state index contributed by atoms with van der Waals surface area (Å²) in [6, 6.07) is 6.74. The molecule has 0 saturated carbocycles. The lowest BCUT2D eigenvalue weighted by Crippen LogP contribution is -2.33. The molecule has 0 aromatic heterocycles. The standard InChI is InChI=1S/C15H24N2/c1-4-13-7-9-17(10-8-13)14-5-6-15(16-3)12(2)11-14/h5-6,11,13,16H,4,7-10H2,1-3H3. The van der Waals surface area contributed by atoms with E-state index in [4.69, 9.17) is 0 Å². The van der Waals surface area contributed by atoms with Gasteiger partial charge in [-0.2, -0.15) is 0 Å². The fraction of sp³-hybridized carbons (Fsp3) is 0.600. The fourth-order valence-electron chi connectivity index (χ4n) is 2.72. The Kier molecular flexibility index (Phi) is 3.93. The normalized spacial score (nSPS) is 17.2. The minimum atomic E-state index is 0.948. The first-order valence-electron chi connectivity index (χ1n) is 6.78. The van der Waals surface area contributed by atoms with Crippen LogP contribution < -0.4 is 10.2 Å². The summed E-state index contributed by atoms with van der Waals surface area (Å²) in [6.07, 6.45) is 4.04. The smallest absolute Gasteiger partial charge is 0.0370 e. The van der Waals surface area contributed by atoms with E-state index < -0.39 is 0 Å². The molecule has 17 heavy (non-hydrogen) atoms. The molecule has 0 bridgehead atoms. The fourth-order valence-corrected chi connectivity index (χ4v) is 2.72. The molecule has 1 aliphatic rings. The van der Waals surface area contributed by atoms with E-state index in [1.807, 2.05) is 7.05 Å². The Morgan fingerprint density at radius 1 is 1.29 bits per heavy atom. The van der Waals surface area contributed by atoms with E-state index in [9.17, 15) is 0 Å². The van der Waals surface area contributed by atoms with Crippen molar-refractivity contribution in [3.05, 3.63) is 23.8 Å². The molecule has 0 unspecified atom stereocenters. The van der Waals surface area contributed by atoms with Crippen LogP contribution in [0.5, 0.6) is 0 Å². The van der Waals surface area contributed by atoms with Crippen LogP contribution in [0.25, 0.3) is 0 Å². The van der Waals surface area contributed by atoms with Crippen molar-refractivity contribution in [1.82, 2.24) is 0 Å². The van der Waals surface area contributed by atoms with Crippen LogP contribution in [0.1, 0.15) is 31.7 Å². The average molecular weight is 232 g/mol. The van der Waals surface area contributed by atoms with Crippen LogP contribution >= 0.6 is 0 Å². The van der Waals surface area contributed by atoms with Crippen LogP contribution in [-0.4, -0.2) is 20.1 Å². The van der Waals surface area contributed by atoms with Gasteiger partial charge in [0.2, 0.25) is 0 Å². The molecule has 1 aromatic carbocycles. The Bertz CT molecular complexity index is 365. The van der Waals surface area contributed by atoms with Crippen molar-refractivity contribution < 1.29 is 0 Å². The van der Waals surface area contributed by atoms with Crippen LogP contribution in [0.2, 0.25) is 0 Å². The number of rotatable bonds is 3. The highest BCUT2D eigenvalue weighted by molar-refractivity contribution is 5.60. The second-order valence-electron chi connectivity index (χ2n) is 5.09. The van der Waals surface area contributed by atoms with Gasteiger partial charge in [0.15, 0.2) is 0 Å². The lowest BCUT2D eigenvalue weighted by molar-refractivity contribution is 0.395. The van der Waals surface area contributed by atoms with E-state index in [2.05, 4.69) is 42.3 Å². The van der Waals surface area contributed by atoms with Gasteiger partial charge in [-0.3, -0.25) is 0 Å². The highest BCUT2D eigenvalue weighted by Gasteiger charge is 2.18. The first kappa shape index (κ1) is 12.3. The number of hydrogen-bond donors (Lipinski definition) is 1. The maximum absolute atomic E-state index is 3.22. The van der Waals surface area contributed by atoms with Crippen molar-refractivity contribution in [2.75, 3.05) is 30.4 Å². The van der Waals surface area contributed by atoms with Gasteiger partial charge in [0.05, 0.1) is 0 Å². The van der Waals surface area contributed by atoms with E-state index in [0.29, 0.717) is 0 Å². The summed E-state index contributed by atoms with van der Waals surface area (Å²) >= 11 is 0. The number of nitrogens with one attached hydrogen (secondary N) is 1. The van der Waals surface area contributed by atoms with Crippen molar-refractivity contribution in [3.8, 4) is 0 Å². The molecule has 94 valence electrons. The molecule has 1 aliphatic heterocycles. The second-order valence-corrected chi connectivity index (χ2v) is 5.09. The molecule has 1 saturated heterocycles. The largest absolute Gasteiger partial charge is 0.388 e. The van der Waals surface area contributed by atoms with Crippen LogP contribution in [0.3, 0.4) is 0 Å². The quantitative estimate of drug-likeness (QED) is 0.855. The van der Waals surface area contributed by atoms with Crippen molar-refractivity contribution in [2.45, 2.75) is 33.1 Å².